The molecule has 0 bridgehead atoms. The Kier molecular flexibility index (Phi) is 4.14. The van der Waals surface area contributed by atoms with Crippen LogP contribution in [0.5, 0.6) is 0 Å². The number of carbonyl (C=O) groups is 1. The molecule has 2 aromatic heterocycles. The molecule has 28 heavy (non-hydrogen) atoms. The lowest BCUT2D eigenvalue weighted by atomic mass is 10.1. The van der Waals surface area contributed by atoms with Crippen LogP contribution in [0.2, 0.25) is 0 Å². The van der Waals surface area contributed by atoms with Crippen molar-refractivity contribution in [1.29, 1.82) is 0 Å². The summed E-state index contributed by atoms with van der Waals surface area (Å²) in [6.07, 6.45) is 2.24. The Morgan fingerprint density at radius 1 is 0.964 bits per heavy atom. The average molecular weight is 383 g/mol. The van der Waals surface area contributed by atoms with Gasteiger partial charge in [0.1, 0.15) is 5.01 Å². The molecule has 0 aliphatic heterocycles. The second-order valence-electron chi connectivity index (χ2n) is 6.65. The molecule has 1 amide bonds. The minimum Gasteiger partial charge on any atom is -0.361 e. The summed E-state index contributed by atoms with van der Waals surface area (Å²) in [5.41, 5.74) is 4.90. The van der Waals surface area contributed by atoms with E-state index in [4.69, 9.17) is 0 Å². The van der Waals surface area contributed by atoms with Gasteiger partial charge in [-0.3, -0.25) is 4.79 Å². The summed E-state index contributed by atoms with van der Waals surface area (Å²) in [4.78, 5) is 20.3. The molecule has 0 aliphatic rings. The molecule has 0 atom stereocenters. The predicted molar refractivity (Wildman–Crippen MR) is 116 cm³/mol. The van der Waals surface area contributed by atoms with Crippen LogP contribution in [0.1, 0.15) is 5.56 Å². The molecule has 0 fully saturated rings. The lowest BCUT2D eigenvalue weighted by Gasteiger charge is -2.05. The number of amides is 1. The Morgan fingerprint density at radius 2 is 1.75 bits per heavy atom. The number of nitrogens with zero attached hydrogens (tertiary/aromatic N) is 1. The van der Waals surface area contributed by atoms with E-state index in [1.54, 1.807) is 11.3 Å². The number of fused-ring (bicyclic) bond motifs is 2. The number of aromatic amines is 1. The van der Waals surface area contributed by atoms with Crippen molar-refractivity contribution >= 4 is 44.1 Å². The number of benzene rings is 3. The number of anilines is 1. The Labute approximate surface area is 165 Å². The van der Waals surface area contributed by atoms with E-state index in [2.05, 4.69) is 21.4 Å². The number of aromatic nitrogens is 2. The van der Waals surface area contributed by atoms with Crippen molar-refractivity contribution in [2.45, 2.75) is 6.42 Å². The average Bonchev–Trinajstić information content (AvgIpc) is 3.33. The van der Waals surface area contributed by atoms with E-state index in [1.807, 2.05) is 72.9 Å². The van der Waals surface area contributed by atoms with Gasteiger partial charge in [-0.15, -0.1) is 11.3 Å². The van der Waals surface area contributed by atoms with Crippen molar-refractivity contribution in [3.8, 4) is 10.6 Å². The Balaban J connectivity index is 1.31. The normalized spacial score (nSPS) is 11.1. The quantitative estimate of drug-likeness (QED) is 0.423. The van der Waals surface area contributed by atoms with Crippen molar-refractivity contribution in [3.05, 3.63) is 84.6 Å². The minimum absolute atomic E-state index is 0.0301. The van der Waals surface area contributed by atoms with Gasteiger partial charge < -0.3 is 10.3 Å². The summed E-state index contributed by atoms with van der Waals surface area (Å²) in [6.45, 7) is 0. The third kappa shape index (κ3) is 3.17. The van der Waals surface area contributed by atoms with Gasteiger partial charge in [-0.2, -0.15) is 0 Å². The number of hydrogen-bond acceptors (Lipinski definition) is 3. The van der Waals surface area contributed by atoms with E-state index >= 15 is 0 Å². The maximum atomic E-state index is 12.5. The number of carbonyl (C=O) groups excluding carboxylic acids is 1. The van der Waals surface area contributed by atoms with Crippen LogP contribution in [-0.2, 0) is 11.2 Å². The fourth-order valence-corrected chi connectivity index (χ4v) is 4.32. The smallest absolute Gasteiger partial charge is 0.228 e. The largest absolute Gasteiger partial charge is 0.361 e. The summed E-state index contributed by atoms with van der Waals surface area (Å²) >= 11 is 1.67. The fourth-order valence-electron chi connectivity index (χ4n) is 3.35. The summed E-state index contributed by atoms with van der Waals surface area (Å²) < 4.78 is 1.17. The van der Waals surface area contributed by atoms with Crippen molar-refractivity contribution in [2.24, 2.45) is 0 Å². The SMILES string of the molecule is O=C(Cc1c[nH]c2ccccc12)Nc1ccc(-c2nc3ccccc3s2)cc1. The lowest BCUT2D eigenvalue weighted by molar-refractivity contribution is -0.115. The molecule has 2 N–H and O–H groups in total. The number of H-pyrrole nitrogens is 1. The molecule has 5 aromatic rings. The summed E-state index contributed by atoms with van der Waals surface area (Å²) in [5, 5.41) is 5.05. The van der Waals surface area contributed by atoms with Gasteiger partial charge in [0.2, 0.25) is 5.91 Å². The maximum absolute atomic E-state index is 12.5. The molecule has 4 nitrogen and oxygen atoms in total. The number of thiazole rings is 1. The first-order valence-corrected chi connectivity index (χ1v) is 9.89. The Morgan fingerprint density at radius 3 is 2.61 bits per heavy atom. The first kappa shape index (κ1) is 16.7. The first-order valence-electron chi connectivity index (χ1n) is 9.07. The molecular formula is C23H17N3OS. The van der Waals surface area contributed by atoms with Gasteiger partial charge in [0, 0.05) is 28.4 Å². The number of rotatable bonds is 4. The molecule has 136 valence electrons. The Bertz CT molecular complexity index is 1250. The van der Waals surface area contributed by atoms with E-state index in [9.17, 15) is 4.79 Å². The van der Waals surface area contributed by atoms with Crippen molar-refractivity contribution in [3.63, 3.8) is 0 Å². The first-order chi connectivity index (χ1) is 13.8. The van der Waals surface area contributed by atoms with Gasteiger partial charge in [0.15, 0.2) is 0 Å². The second kappa shape index (κ2) is 6.94. The third-order valence-corrected chi connectivity index (χ3v) is 5.82. The van der Waals surface area contributed by atoms with Crippen LogP contribution in [-0.4, -0.2) is 15.9 Å². The molecule has 0 aliphatic carbocycles. The lowest BCUT2D eigenvalue weighted by Crippen LogP contribution is -2.14. The van der Waals surface area contributed by atoms with E-state index < -0.39 is 0 Å². The monoisotopic (exact) mass is 383 g/mol. The van der Waals surface area contributed by atoms with Crippen molar-refractivity contribution in [1.82, 2.24) is 9.97 Å². The Hall–Kier alpha value is -3.44. The zero-order valence-electron chi connectivity index (χ0n) is 15.0. The van der Waals surface area contributed by atoms with Gasteiger partial charge in [0.25, 0.3) is 0 Å². The number of nitrogens with one attached hydrogen (secondary N) is 2. The second-order valence-corrected chi connectivity index (χ2v) is 7.68. The minimum atomic E-state index is -0.0301. The highest BCUT2D eigenvalue weighted by Gasteiger charge is 2.10. The summed E-state index contributed by atoms with van der Waals surface area (Å²) in [5.74, 6) is -0.0301. The van der Waals surface area contributed by atoms with E-state index in [1.165, 1.54) is 4.70 Å². The molecule has 0 saturated heterocycles. The van der Waals surface area contributed by atoms with Crippen molar-refractivity contribution in [2.75, 3.05) is 5.32 Å². The highest BCUT2D eigenvalue weighted by molar-refractivity contribution is 7.21. The zero-order chi connectivity index (χ0) is 18.9. The molecule has 2 heterocycles. The van der Waals surface area contributed by atoms with Crippen LogP contribution in [0.15, 0.2) is 79.0 Å². The topological polar surface area (TPSA) is 57.8 Å². The van der Waals surface area contributed by atoms with Gasteiger partial charge in [-0.05, 0) is 48.0 Å². The fraction of sp³-hybridized carbons (Fsp3) is 0.0435. The standard InChI is InChI=1S/C23H17N3OS/c27-22(13-16-14-24-19-6-2-1-5-18(16)19)25-17-11-9-15(10-12-17)23-26-20-7-3-4-8-21(20)28-23/h1-12,14,24H,13H2,(H,25,27). The molecule has 5 rings (SSSR count). The van der Waals surface area contributed by atoms with Crippen LogP contribution in [0.3, 0.4) is 0 Å². The molecule has 0 radical (unpaired) electrons. The molecule has 0 saturated carbocycles. The van der Waals surface area contributed by atoms with Crippen LogP contribution in [0.25, 0.3) is 31.7 Å². The molecule has 3 aromatic carbocycles. The van der Waals surface area contributed by atoms with Gasteiger partial charge in [0.05, 0.1) is 16.6 Å². The van der Waals surface area contributed by atoms with Crippen LogP contribution >= 0.6 is 11.3 Å². The van der Waals surface area contributed by atoms with Gasteiger partial charge in [-0.25, -0.2) is 4.98 Å². The molecule has 0 unspecified atom stereocenters. The van der Waals surface area contributed by atoms with Crippen LogP contribution in [0, 0.1) is 0 Å². The summed E-state index contributed by atoms with van der Waals surface area (Å²) in [6, 6.07) is 24.0. The van der Waals surface area contributed by atoms with Gasteiger partial charge >= 0.3 is 0 Å². The molecule has 0 spiro atoms. The predicted octanol–water partition coefficient (Wildman–Crippen LogP) is 5.63. The maximum Gasteiger partial charge on any atom is 0.228 e. The zero-order valence-corrected chi connectivity index (χ0v) is 15.8. The van der Waals surface area contributed by atoms with E-state index in [-0.39, 0.29) is 5.91 Å². The molecule has 5 heteroatoms. The highest BCUT2D eigenvalue weighted by Crippen LogP contribution is 2.30. The van der Waals surface area contributed by atoms with Gasteiger partial charge in [-0.1, -0.05) is 30.3 Å². The van der Waals surface area contributed by atoms with E-state index in [0.717, 1.165) is 38.2 Å². The third-order valence-electron chi connectivity index (χ3n) is 4.74. The number of hydrogen-bond donors (Lipinski definition) is 2. The van der Waals surface area contributed by atoms with Crippen LogP contribution in [0.4, 0.5) is 5.69 Å². The molecular weight excluding hydrogens is 366 g/mol. The highest BCUT2D eigenvalue weighted by atomic mass is 32.1. The van der Waals surface area contributed by atoms with E-state index in [0.29, 0.717) is 6.42 Å². The summed E-state index contributed by atoms with van der Waals surface area (Å²) in [7, 11) is 0. The number of para-hydroxylation sites is 2. The van der Waals surface area contributed by atoms with Crippen LogP contribution < -0.4 is 5.32 Å². The van der Waals surface area contributed by atoms with Crippen molar-refractivity contribution < 1.29 is 4.79 Å².